The van der Waals surface area contributed by atoms with Crippen LogP contribution in [0, 0.1) is 5.92 Å². The first kappa shape index (κ1) is 27.6. The van der Waals surface area contributed by atoms with Crippen LogP contribution in [0.5, 0.6) is 5.75 Å². The van der Waals surface area contributed by atoms with Crippen LogP contribution < -0.4 is 25.6 Å². The Bertz CT molecular complexity index is 1170. The molecule has 11 heteroatoms. The van der Waals surface area contributed by atoms with E-state index in [2.05, 4.69) is 20.9 Å². The van der Waals surface area contributed by atoms with Crippen molar-refractivity contribution >= 4 is 35.1 Å². The zero-order chi connectivity index (χ0) is 27.9. The van der Waals surface area contributed by atoms with Gasteiger partial charge in [-0.3, -0.25) is 4.79 Å². The van der Waals surface area contributed by atoms with Crippen molar-refractivity contribution in [2.24, 2.45) is 5.92 Å². The maximum absolute atomic E-state index is 12.5. The van der Waals surface area contributed by atoms with Crippen molar-refractivity contribution in [3.8, 4) is 5.75 Å². The van der Waals surface area contributed by atoms with E-state index in [1.165, 1.54) is 17.7 Å². The Morgan fingerprint density at radius 1 is 0.900 bits per heavy atom. The molecule has 214 valence electrons. The number of nitrogens with one attached hydrogen (secondary N) is 3. The molecule has 1 aliphatic carbocycles. The molecule has 0 radical (unpaired) electrons. The van der Waals surface area contributed by atoms with Crippen LogP contribution in [-0.2, 0) is 9.53 Å². The van der Waals surface area contributed by atoms with E-state index in [0.29, 0.717) is 24.0 Å². The molecule has 2 aromatic rings. The predicted octanol–water partition coefficient (Wildman–Crippen LogP) is 3.97. The Hall–Kier alpha value is -3.99. The molecule has 11 nitrogen and oxygen atoms in total. The number of morpholine rings is 1. The van der Waals surface area contributed by atoms with Gasteiger partial charge >= 0.3 is 12.1 Å². The molecule has 2 unspecified atom stereocenters. The van der Waals surface area contributed by atoms with Crippen molar-refractivity contribution in [1.29, 1.82) is 0 Å². The summed E-state index contributed by atoms with van der Waals surface area (Å²) in [6.07, 6.45) is 4.07. The number of carbonyl (C=O) groups excluding carboxylic acids is 2. The van der Waals surface area contributed by atoms with Gasteiger partial charge in [0.2, 0.25) is 0 Å². The van der Waals surface area contributed by atoms with Crippen LogP contribution in [0.3, 0.4) is 0 Å². The van der Waals surface area contributed by atoms with Crippen molar-refractivity contribution in [1.82, 2.24) is 10.2 Å². The molecule has 2 saturated heterocycles. The Morgan fingerprint density at radius 2 is 1.57 bits per heavy atom. The normalized spacial score (nSPS) is 21.2. The van der Waals surface area contributed by atoms with Crippen LogP contribution in [0.15, 0.2) is 48.5 Å². The minimum atomic E-state index is -1.04. The van der Waals surface area contributed by atoms with Gasteiger partial charge in [-0.05, 0) is 86.6 Å². The summed E-state index contributed by atoms with van der Waals surface area (Å²) in [5, 5.41) is 17.8. The summed E-state index contributed by atoms with van der Waals surface area (Å²) in [4.78, 5) is 39.6. The van der Waals surface area contributed by atoms with Crippen molar-refractivity contribution in [2.75, 3.05) is 54.9 Å². The fraction of sp³-hybridized carbons (Fsp3) is 0.483. The Labute approximate surface area is 233 Å². The number of nitrogens with zero attached hydrogens (tertiary/aromatic N) is 2. The zero-order valence-corrected chi connectivity index (χ0v) is 22.5. The van der Waals surface area contributed by atoms with E-state index in [9.17, 15) is 14.4 Å². The first-order valence-corrected chi connectivity index (χ1v) is 14.0. The van der Waals surface area contributed by atoms with Gasteiger partial charge in [0, 0.05) is 43.2 Å². The molecule has 0 spiro atoms. The van der Waals surface area contributed by atoms with Crippen molar-refractivity contribution in [2.45, 2.75) is 44.3 Å². The lowest BCUT2D eigenvalue weighted by Gasteiger charge is -2.30. The lowest BCUT2D eigenvalue weighted by atomic mass is 10.1. The minimum absolute atomic E-state index is 0.0536. The van der Waals surface area contributed by atoms with Gasteiger partial charge in [-0.25, -0.2) is 9.59 Å². The van der Waals surface area contributed by atoms with Crippen LogP contribution in [0.4, 0.5) is 26.7 Å². The van der Waals surface area contributed by atoms with E-state index in [1.807, 2.05) is 48.5 Å². The molecule has 3 aliphatic rings. The Kier molecular flexibility index (Phi) is 8.90. The summed E-state index contributed by atoms with van der Waals surface area (Å²) < 4.78 is 11.4. The largest absolute Gasteiger partial charge is 0.490 e. The number of carbonyl (C=O) groups is 3. The average molecular weight is 552 g/mol. The first-order valence-electron chi connectivity index (χ1n) is 14.0. The van der Waals surface area contributed by atoms with Crippen molar-refractivity contribution < 1.29 is 29.0 Å². The first-order chi connectivity index (χ1) is 19.4. The van der Waals surface area contributed by atoms with E-state index in [4.69, 9.17) is 14.6 Å². The third-order valence-corrected chi connectivity index (χ3v) is 7.69. The molecule has 1 saturated carbocycles. The van der Waals surface area contributed by atoms with Crippen LogP contribution >= 0.6 is 0 Å². The summed E-state index contributed by atoms with van der Waals surface area (Å²) in [5.74, 6) is 0.832. The number of rotatable bonds is 8. The molecular formula is C29H37N5O6. The van der Waals surface area contributed by atoms with Crippen LogP contribution in [0.1, 0.15) is 32.1 Å². The van der Waals surface area contributed by atoms with Gasteiger partial charge in [0.05, 0.1) is 19.3 Å². The molecule has 5 rings (SSSR count). The molecule has 4 N–H and O–H groups in total. The lowest BCUT2D eigenvalue weighted by Crippen LogP contribution is -2.51. The average Bonchev–Trinajstić information content (AvgIpc) is 3.66. The topological polar surface area (TPSA) is 132 Å². The monoisotopic (exact) mass is 551 g/mol. The van der Waals surface area contributed by atoms with Crippen LogP contribution in [-0.4, -0.2) is 79.6 Å². The van der Waals surface area contributed by atoms with Crippen LogP contribution in [0.2, 0.25) is 0 Å². The van der Waals surface area contributed by atoms with E-state index >= 15 is 0 Å². The number of hydrogen-bond acceptors (Lipinski definition) is 6. The van der Waals surface area contributed by atoms with E-state index < -0.39 is 12.2 Å². The fourth-order valence-corrected chi connectivity index (χ4v) is 5.44. The van der Waals surface area contributed by atoms with Crippen LogP contribution in [0.25, 0.3) is 0 Å². The van der Waals surface area contributed by atoms with Crippen molar-refractivity contribution in [3.05, 3.63) is 48.5 Å². The highest BCUT2D eigenvalue weighted by Gasteiger charge is 2.30. The Balaban J connectivity index is 1.03. The molecule has 2 aromatic carbocycles. The lowest BCUT2D eigenvalue weighted by molar-refractivity contribution is -0.137. The fourth-order valence-electron chi connectivity index (χ4n) is 5.44. The van der Waals surface area contributed by atoms with Gasteiger partial charge in [-0.2, -0.15) is 0 Å². The number of benzene rings is 2. The number of amides is 4. The van der Waals surface area contributed by atoms with Gasteiger partial charge in [-0.1, -0.05) is 0 Å². The molecule has 2 atom stereocenters. The highest BCUT2D eigenvalue weighted by Crippen LogP contribution is 2.26. The van der Waals surface area contributed by atoms with Gasteiger partial charge in [0.15, 0.2) is 6.10 Å². The van der Waals surface area contributed by atoms with Gasteiger partial charge in [0.1, 0.15) is 5.75 Å². The molecule has 40 heavy (non-hydrogen) atoms. The quantitative estimate of drug-likeness (QED) is 0.390. The molecule has 2 heterocycles. The Morgan fingerprint density at radius 3 is 2.25 bits per heavy atom. The third-order valence-electron chi connectivity index (χ3n) is 7.69. The summed E-state index contributed by atoms with van der Waals surface area (Å²) in [6, 6.07) is 14.8. The molecule has 0 aromatic heterocycles. The standard InChI is InChI=1S/C29H37N5O6/c35-27(26-19-34(29(37)38)15-16-39-26)30-17-20-13-14-33(18-20)23-9-5-21(6-10-23)31-28(36)32-22-7-11-25(12-8-22)40-24-3-1-2-4-24/h5-12,20,24,26H,1-4,13-19H2,(H,30,35)(H,37,38)(H2,31,32,36). The third kappa shape index (κ3) is 7.35. The van der Waals surface area contributed by atoms with Crippen molar-refractivity contribution in [3.63, 3.8) is 0 Å². The second-order valence-electron chi connectivity index (χ2n) is 10.6. The number of carboxylic acid groups (broad SMARTS) is 1. The number of ether oxygens (including phenoxy) is 2. The van der Waals surface area contributed by atoms with Gasteiger partial charge < -0.3 is 40.3 Å². The maximum Gasteiger partial charge on any atom is 0.407 e. The smallest absolute Gasteiger partial charge is 0.407 e. The number of anilines is 3. The molecule has 0 bridgehead atoms. The molecule has 4 amide bonds. The summed E-state index contributed by atoms with van der Waals surface area (Å²) in [7, 11) is 0. The van der Waals surface area contributed by atoms with E-state index in [1.54, 1.807) is 0 Å². The minimum Gasteiger partial charge on any atom is -0.490 e. The molecular weight excluding hydrogens is 514 g/mol. The summed E-state index contributed by atoms with van der Waals surface area (Å²) >= 11 is 0. The maximum atomic E-state index is 12.5. The number of hydrogen-bond donors (Lipinski definition) is 4. The second kappa shape index (κ2) is 12.9. The van der Waals surface area contributed by atoms with E-state index in [-0.39, 0.29) is 37.6 Å². The molecule has 3 fully saturated rings. The predicted molar refractivity (Wildman–Crippen MR) is 151 cm³/mol. The highest BCUT2D eigenvalue weighted by molar-refractivity contribution is 5.99. The summed E-state index contributed by atoms with van der Waals surface area (Å²) in [6.45, 7) is 2.71. The molecule has 2 aliphatic heterocycles. The SMILES string of the molecule is O=C(Nc1ccc(OC2CCCC2)cc1)Nc1ccc(N2CCC(CNC(=O)C3CN(C(=O)O)CCO3)C2)cc1. The van der Waals surface area contributed by atoms with Gasteiger partial charge in [-0.15, -0.1) is 0 Å². The highest BCUT2D eigenvalue weighted by atomic mass is 16.5. The number of urea groups is 1. The van der Waals surface area contributed by atoms with Gasteiger partial charge in [0.25, 0.3) is 5.91 Å². The van der Waals surface area contributed by atoms with E-state index in [0.717, 1.165) is 43.8 Å². The second-order valence-corrected chi connectivity index (χ2v) is 10.6. The zero-order valence-electron chi connectivity index (χ0n) is 22.5. The summed E-state index contributed by atoms with van der Waals surface area (Å²) in [5.41, 5.74) is 2.43.